The summed E-state index contributed by atoms with van der Waals surface area (Å²) in [4.78, 5) is 0. The van der Waals surface area contributed by atoms with Gasteiger partial charge in [0.05, 0.1) is 27.4 Å². The molecular weight excluding hydrogens is 212 g/mol. The highest BCUT2D eigenvalue weighted by atomic mass is 16.6. The number of rotatable bonds is 6. The zero-order valence-corrected chi connectivity index (χ0v) is 9.34. The maximum absolute atomic E-state index is 8.95. The molecule has 16 heavy (non-hydrogen) atoms. The molecule has 2 N–H and O–H groups in total. The first-order chi connectivity index (χ1) is 7.76. The molecule has 0 fully saturated rings. The van der Waals surface area contributed by atoms with Crippen LogP contribution in [0.5, 0.6) is 17.2 Å². The first kappa shape index (κ1) is 12.6. The van der Waals surface area contributed by atoms with Crippen molar-refractivity contribution < 1.29 is 24.4 Å². The van der Waals surface area contributed by atoms with Gasteiger partial charge in [0.25, 0.3) is 0 Å². The van der Waals surface area contributed by atoms with Gasteiger partial charge in [-0.15, -0.1) is 0 Å². The summed E-state index contributed by atoms with van der Waals surface area (Å²) in [5, 5.41) is 17.9. The molecule has 0 aromatic heterocycles. The van der Waals surface area contributed by atoms with Gasteiger partial charge in [0, 0.05) is 0 Å². The molecule has 5 heteroatoms. The summed E-state index contributed by atoms with van der Waals surface area (Å²) in [6.45, 7) is -0.560. The highest BCUT2D eigenvalue weighted by Crippen LogP contribution is 2.37. The molecule has 0 spiro atoms. The SMILES string of the molecule is COc1cccc(OC)c1OC(CO)CO. The van der Waals surface area contributed by atoms with Crippen molar-refractivity contribution in [3.8, 4) is 17.2 Å². The molecular formula is C11H16O5. The molecule has 0 unspecified atom stereocenters. The van der Waals surface area contributed by atoms with E-state index in [4.69, 9.17) is 24.4 Å². The Morgan fingerprint density at radius 1 is 1.06 bits per heavy atom. The standard InChI is InChI=1S/C11H16O5/c1-14-9-4-3-5-10(15-2)11(9)16-8(6-12)7-13/h3-5,8,12-13H,6-7H2,1-2H3. The van der Waals surface area contributed by atoms with E-state index in [0.717, 1.165) is 0 Å². The zero-order valence-electron chi connectivity index (χ0n) is 9.34. The van der Waals surface area contributed by atoms with E-state index < -0.39 is 6.10 Å². The predicted octanol–water partition coefficient (Wildman–Crippen LogP) is 0.436. The monoisotopic (exact) mass is 228 g/mol. The average Bonchev–Trinajstić information content (AvgIpc) is 2.35. The summed E-state index contributed by atoms with van der Waals surface area (Å²) in [7, 11) is 3.02. The van der Waals surface area contributed by atoms with E-state index in [1.165, 1.54) is 14.2 Å². The van der Waals surface area contributed by atoms with Gasteiger partial charge in [-0.2, -0.15) is 0 Å². The van der Waals surface area contributed by atoms with E-state index in [1.807, 2.05) is 0 Å². The molecule has 0 heterocycles. The topological polar surface area (TPSA) is 68.2 Å². The molecule has 0 atom stereocenters. The minimum absolute atomic E-state index is 0.280. The Labute approximate surface area is 94.2 Å². The Balaban J connectivity index is 2.98. The number of ether oxygens (including phenoxy) is 3. The lowest BCUT2D eigenvalue weighted by Gasteiger charge is -2.18. The molecule has 1 aromatic carbocycles. The average molecular weight is 228 g/mol. The van der Waals surface area contributed by atoms with E-state index in [2.05, 4.69) is 0 Å². The normalized spacial score (nSPS) is 10.3. The van der Waals surface area contributed by atoms with Crippen molar-refractivity contribution in [3.63, 3.8) is 0 Å². The molecule has 5 nitrogen and oxygen atoms in total. The van der Waals surface area contributed by atoms with Crippen molar-refractivity contribution in [2.24, 2.45) is 0 Å². The van der Waals surface area contributed by atoms with Crippen LogP contribution < -0.4 is 14.2 Å². The van der Waals surface area contributed by atoms with Crippen molar-refractivity contribution in [2.45, 2.75) is 6.10 Å². The Kier molecular flexibility index (Phi) is 4.88. The number of hydrogen-bond donors (Lipinski definition) is 2. The highest BCUT2D eigenvalue weighted by Gasteiger charge is 2.16. The molecule has 0 saturated carbocycles. The summed E-state index contributed by atoms with van der Waals surface area (Å²) in [6.07, 6.45) is -0.690. The molecule has 1 aromatic rings. The zero-order chi connectivity index (χ0) is 12.0. The van der Waals surface area contributed by atoms with Gasteiger partial charge in [0.2, 0.25) is 5.75 Å². The van der Waals surface area contributed by atoms with Crippen LogP contribution in [-0.2, 0) is 0 Å². The van der Waals surface area contributed by atoms with Crippen LogP contribution in [0.3, 0.4) is 0 Å². The number of aliphatic hydroxyl groups is 2. The van der Waals surface area contributed by atoms with E-state index >= 15 is 0 Å². The molecule has 0 aliphatic rings. The Morgan fingerprint density at radius 2 is 1.56 bits per heavy atom. The number of benzene rings is 1. The molecule has 0 bridgehead atoms. The third kappa shape index (κ3) is 2.77. The Morgan fingerprint density at radius 3 is 1.94 bits per heavy atom. The van der Waals surface area contributed by atoms with Crippen molar-refractivity contribution in [1.29, 1.82) is 0 Å². The lowest BCUT2D eigenvalue weighted by atomic mass is 10.3. The van der Waals surface area contributed by atoms with Gasteiger partial charge in [-0.05, 0) is 12.1 Å². The largest absolute Gasteiger partial charge is 0.493 e. The van der Waals surface area contributed by atoms with E-state index in [-0.39, 0.29) is 13.2 Å². The second-order valence-electron chi connectivity index (χ2n) is 3.10. The molecule has 0 radical (unpaired) electrons. The predicted molar refractivity (Wildman–Crippen MR) is 58.1 cm³/mol. The second kappa shape index (κ2) is 6.19. The van der Waals surface area contributed by atoms with Crippen LogP contribution in [-0.4, -0.2) is 43.8 Å². The fraction of sp³-hybridized carbons (Fsp3) is 0.455. The van der Waals surface area contributed by atoms with Gasteiger partial charge in [-0.25, -0.2) is 0 Å². The summed E-state index contributed by atoms with van der Waals surface area (Å²) < 4.78 is 15.6. The minimum atomic E-state index is -0.690. The maximum Gasteiger partial charge on any atom is 0.203 e. The van der Waals surface area contributed by atoms with Crippen LogP contribution >= 0.6 is 0 Å². The smallest absolute Gasteiger partial charge is 0.203 e. The van der Waals surface area contributed by atoms with Crippen molar-refractivity contribution in [3.05, 3.63) is 18.2 Å². The van der Waals surface area contributed by atoms with Gasteiger partial charge < -0.3 is 24.4 Å². The maximum atomic E-state index is 8.95. The summed E-state index contributed by atoms with van der Waals surface area (Å²) in [5.41, 5.74) is 0. The highest BCUT2D eigenvalue weighted by molar-refractivity contribution is 5.51. The Hall–Kier alpha value is -1.46. The summed E-state index contributed by atoms with van der Waals surface area (Å²) in [6, 6.07) is 5.19. The van der Waals surface area contributed by atoms with Gasteiger partial charge in [0.15, 0.2) is 11.5 Å². The van der Waals surface area contributed by atoms with Gasteiger partial charge in [-0.1, -0.05) is 6.07 Å². The summed E-state index contributed by atoms with van der Waals surface area (Å²) in [5.74, 6) is 1.36. The fourth-order valence-electron chi connectivity index (χ4n) is 1.23. The van der Waals surface area contributed by atoms with Crippen LogP contribution in [0, 0.1) is 0 Å². The van der Waals surface area contributed by atoms with Crippen LogP contribution in [0.15, 0.2) is 18.2 Å². The number of hydrogen-bond acceptors (Lipinski definition) is 5. The first-order valence-electron chi connectivity index (χ1n) is 4.86. The lowest BCUT2D eigenvalue weighted by Crippen LogP contribution is -2.25. The van der Waals surface area contributed by atoms with Crippen LogP contribution in [0.25, 0.3) is 0 Å². The molecule has 0 saturated heterocycles. The second-order valence-corrected chi connectivity index (χ2v) is 3.10. The molecule has 0 aliphatic carbocycles. The molecule has 1 rings (SSSR count). The van der Waals surface area contributed by atoms with E-state index in [9.17, 15) is 0 Å². The number of methoxy groups -OCH3 is 2. The lowest BCUT2D eigenvalue weighted by molar-refractivity contribution is 0.0589. The fourth-order valence-corrected chi connectivity index (χ4v) is 1.23. The van der Waals surface area contributed by atoms with Gasteiger partial charge in [0.1, 0.15) is 6.10 Å². The van der Waals surface area contributed by atoms with Gasteiger partial charge in [-0.3, -0.25) is 0 Å². The molecule has 90 valence electrons. The minimum Gasteiger partial charge on any atom is -0.493 e. The van der Waals surface area contributed by atoms with Crippen molar-refractivity contribution >= 4 is 0 Å². The summed E-state index contributed by atoms with van der Waals surface area (Å²) >= 11 is 0. The third-order valence-corrected chi connectivity index (χ3v) is 2.07. The van der Waals surface area contributed by atoms with Crippen LogP contribution in [0.1, 0.15) is 0 Å². The molecule has 0 amide bonds. The number of para-hydroxylation sites is 1. The Bertz CT molecular complexity index is 300. The van der Waals surface area contributed by atoms with E-state index in [0.29, 0.717) is 17.2 Å². The quantitative estimate of drug-likeness (QED) is 0.739. The van der Waals surface area contributed by atoms with Gasteiger partial charge >= 0.3 is 0 Å². The van der Waals surface area contributed by atoms with Crippen LogP contribution in [0.4, 0.5) is 0 Å². The van der Waals surface area contributed by atoms with Crippen molar-refractivity contribution in [1.82, 2.24) is 0 Å². The van der Waals surface area contributed by atoms with Crippen LogP contribution in [0.2, 0.25) is 0 Å². The third-order valence-electron chi connectivity index (χ3n) is 2.07. The number of aliphatic hydroxyl groups excluding tert-OH is 2. The van der Waals surface area contributed by atoms with E-state index in [1.54, 1.807) is 18.2 Å². The van der Waals surface area contributed by atoms with Crippen molar-refractivity contribution in [2.75, 3.05) is 27.4 Å². The molecule has 0 aliphatic heterocycles. The first-order valence-corrected chi connectivity index (χ1v) is 4.86.